The summed E-state index contributed by atoms with van der Waals surface area (Å²) in [7, 11) is 4.06. The van der Waals surface area contributed by atoms with E-state index in [1.165, 1.54) is 16.7 Å². The van der Waals surface area contributed by atoms with Crippen LogP contribution in [0.4, 0.5) is 5.82 Å². The molecule has 0 spiro atoms. The number of ether oxygens (including phenoxy) is 1. The smallest absolute Gasteiger partial charge is 0.318 e. The third-order valence-electron chi connectivity index (χ3n) is 7.18. The number of likely N-dealkylation sites (N-methyl/N-ethyl adjacent to an activating group) is 1. The van der Waals surface area contributed by atoms with Crippen LogP contribution in [0.25, 0.3) is 6.08 Å². The molecular weight excluding hydrogens is 428 g/mol. The topological polar surface area (TPSA) is 77.0 Å². The highest BCUT2D eigenvalue weighted by molar-refractivity contribution is 5.59. The fourth-order valence-electron chi connectivity index (χ4n) is 5.30. The SMILES string of the molecule is CC1c2nc(OCCN(C)C)nc(N3CCNCC3)c2CCN1C1(O)C=Cc2ccccc2C1. The van der Waals surface area contributed by atoms with Crippen LogP contribution in [-0.4, -0.2) is 90.6 Å². The fraction of sp³-hybridized carbons (Fsp3) is 0.538. The molecule has 34 heavy (non-hydrogen) atoms. The molecule has 1 aromatic carbocycles. The lowest BCUT2D eigenvalue weighted by Gasteiger charge is -2.46. The summed E-state index contributed by atoms with van der Waals surface area (Å²) >= 11 is 0. The molecule has 0 amide bonds. The maximum absolute atomic E-state index is 11.8. The molecule has 2 aliphatic heterocycles. The second-order valence-corrected chi connectivity index (χ2v) is 9.79. The Morgan fingerprint density at radius 3 is 2.76 bits per heavy atom. The Kier molecular flexibility index (Phi) is 6.57. The van der Waals surface area contributed by atoms with Gasteiger partial charge in [-0.3, -0.25) is 4.90 Å². The van der Waals surface area contributed by atoms with E-state index in [4.69, 9.17) is 14.7 Å². The Balaban J connectivity index is 1.47. The molecule has 1 fully saturated rings. The monoisotopic (exact) mass is 464 g/mol. The quantitative estimate of drug-likeness (QED) is 0.669. The van der Waals surface area contributed by atoms with E-state index >= 15 is 0 Å². The van der Waals surface area contributed by atoms with Crippen molar-refractivity contribution in [2.75, 3.05) is 64.9 Å². The average molecular weight is 465 g/mol. The number of aromatic nitrogens is 2. The predicted octanol–water partition coefficient (Wildman–Crippen LogP) is 1.70. The number of anilines is 1. The van der Waals surface area contributed by atoms with E-state index in [1.54, 1.807) is 0 Å². The normalized spacial score (nSPS) is 24.7. The first kappa shape index (κ1) is 23.2. The second kappa shape index (κ2) is 9.62. The number of nitrogens with zero attached hydrogens (tertiary/aromatic N) is 5. The standard InChI is InChI=1S/C26H36N6O2/c1-19-23-22(9-13-32(19)26(33)10-8-20-6-4-5-7-21(20)18-26)24(31-14-11-27-12-15-31)29-25(28-23)34-17-16-30(2)3/h4-8,10,19,27,33H,9,11-18H2,1-3H3. The van der Waals surface area contributed by atoms with Gasteiger partial charge in [0.25, 0.3) is 0 Å². The Hall–Kier alpha value is -2.52. The van der Waals surface area contributed by atoms with Crippen LogP contribution >= 0.6 is 0 Å². The van der Waals surface area contributed by atoms with Crippen molar-refractivity contribution in [3.63, 3.8) is 0 Å². The van der Waals surface area contributed by atoms with Gasteiger partial charge >= 0.3 is 6.01 Å². The second-order valence-electron chi connectivity index (χ2n) is 9.79. The molecule has 2 aromatic rings. The van der Waals surface area contributed by atoms with E-state index in [-0.39, 0.29) is 6.04 Å². The summed E-state index contributed by atoms with van der Waals surface area (Å²) in [6.07, 6.45) is 5.36. The van der Waals surface area contributed by atoms with Gasteiger partial charge in [0, 0.05) is 51.3 Å². The summed E-state index contributed by atoms with van der Waals surface area (Å²) in [5, 5.41) is 15.2. The average Bonchev–Trinajstić information content (AvgIpc) is 2.84. The molecule has 3 heterocycles. The van der Waals surface area contributed by atoms with Crippen LogP contribution in [0.1, 0.15) is 35.3 Å². The zero-order valence-corrected chi connectivity index (χ0v) is 20.5. The first-order valence-electron chi connectivity index (χ1n) is 12.3. The Morgan fingerprint density at radius 2 is 1.97 bits per heavy atom. The van der Waals surface area contributed by atoms with E-state index in [0.29, 0.717) is 19.0 Å². The van der Waals surface area contributed by atoms with Gasteiger partial charge < -0.3 is 25.0 Å². The largest absolute Gasteiger partial charge is 0.462 e. The molecule has 2 atom stereocenters. The molecule has 1 aliphatic carbocycles. The van der Waals surface area contributed by atoms with E-state index in [1.807, 2.05) is 38.4 Å². The lowest BCUT2D eigenvalue weighted by molar-refractivity contribution is -0.0933. The van der Waals surface area contributed by atoms with Gasteiger partial charge in [0.05, 0.1) is 11.7 Å². The molecule has 8 heteroatoms. The van der Waals surface area contributed by atoms with Crippen molar-refractivity contribution in [1.29, 1.82) is 0 Å². The highest BCUT2D eigenvalue weighted by Gasteiger charge is 2.42. The fourth-order valence-corrected chi connectivity index (χ4v) is 5.30. The van der Waals surface area contributed by atoms with E-state index < -0.39 is 5.72 Å². The van der Waals surface area contributed by atoms with Gasteiger partial charge in [-0.15, -0.1) is 0 Å². The van der Waals surface area contributed by atoms with E-state index in [0.717, 1.165) is 57.2 Å². The molecule has 2 unspecified atom stereocenters. The Morgan fingerprint density at radius 1 is 1.18 bits per heavy atom. The van der Waals surface area contributed by atoms with Crippen molar-refractivity contribution in [1.82, 2.24) is 25.1 Å². The first-order chi connectivity index (χ1) is 16.4. The Bertz CT molecular complexity index is 1050. The minimum Gasteiger partial charge on any atom is -0.462 e. The molecule has 3 aliphatic rings. The van der Waals surface area contributed by atoms with Crippen molar-refractivity contribution >= 4 is 11.9 Å². The zero-order chi connectivity index (χ0) is 23.7. The van der Waals surface area contributed by atoms with Crippen LogP contribution in [0.2, 0.25) is 0 Å². The summed E-state index contributed by atoms with van der Waals surface area (Å²) in [5.74, 6) is 0.995. The number of piperazine rings is 1. The summed E-state index contributed by atoms with van der Waals surface area (Å²) < 4.78 is 6.01. The van der Waals surface area contributed by atoms with Crippen LogP contribution in [0, 0.1) is 0 Å². The van der Waals surface area contributed by atoms with Crippen LogP contribution in [0.3, 0.4) is 0 Å². The third kappa shape index (κ3) is 4.55. The van der Waals surface area contributed by atoms with Crippen molar-refractivity contribution in [2.45, 2.75) is 31.5 Å². The van der Waals surface area contributed by atoms with Gasteiger partial charge in [-0.2, -0.15) is 9.97 Å². The zero-order valence-electron chi connectivity index (χ0n) is 20.5. The molecule has 8 nitrogen and oxygen atoms in total. The maximum atomic E-state index is 11.8. The molecule has 1 saturated heterocycles. The van der Waals surface area contributed by atoms with Gasteiger partial charge in [-0.1, -0.05) is 30.3 Å². The summed E-state index contributed by atoms with van der Waals surface area (Å²) in [6, 6.07) is 8.65. The molecule has 0 radical (unpaired) electrons. The highest BCUT2D eigenvalue weighted by atomic mass is 16.5. The van der Waals surface area contributed by atoms with E-state index in [9.17, 15) is 5.11 Å². The lowest BCUT2D eigenvalue weighted by Crippen LogP contribution is -2.54. The minimum atomic E-state index is -1.04. The summed E-state index contributed by atoms with van der Waals surface area (Å²) in [4.78, 5) is 16.4. The lowest BCUT2D eigenvalue weighted by atomic mass is 9.87. The predicted molar refractivity (Wildman–Crippen MR) is 134 cm³/mol. The van der Waals surface area contributed by atoms with Crippen molar-refractivity contribution in [2.24, 2.45) is 0 Å². The van der Waals surface area contributed by atoms with Crippen LogP contribution < -0.4 is 15.0 Å². The van der Waals surface area contributed by atoms with Crippen molar-refractivity contribution in [3.8, 4) is 6.01 Å². The summed E-state index contributed by atoms with van der Waals surface area (Å²) in [6.45, 7) is 7.96. The van der Waals surface area contributed by atoms with Gasteiger partial charge in [-0.05, 0) is 44.6 Å². The molecule has 2 N–H and O–H groups in total. The van der Waals surface area contributed by atoms with Crippen molar-refractivity contribution < 1.29 is 9.84 Å². The van der Waals surface area contributed by atoms with Crippen LogP contribution in [-0.2, 0) is 12.8 Å². The first-order valence-corrected chi connectivity index (χ1v) is 12.3. The number of hydrogen-bond acceptors (Lipinski definition) is 8. The molecule has 1 aromatic heterocycles. The number of benzene rings is 1. The molecule has 0 saturated carbocycles. The third-order valence-corrected chi connectivity index (χ3v) is 7.18. The van der Waals surface area contributed by atoms with Crippen LogP contribution in [0.5, 0.6) is 6.01 Å². The number of fused-ring (bicyclic) bond motifs is 2. The molecule has 182 valence electrons. The molecule has 0 bridgehead atoms. The Labute approximate surface area is 202 Å². The maximum Gasteiger partial charge on any atom is 0.318 e. The highest BCUT2D eigenvalue weighted by Crippen LogP contribution is 2.40. The van der Waals surface area contributed by atoms with E-state index in [2.05, 4.69) is 39.1 Å². The van der Waals surface area contributed by atoms with Crippen LogP contribution in [0.15, 0.2) is 30.3 Å². The number of hydrogen-bond donors (Lipinski definition) is 2. The number of aliphatic hydroxyl groups is 1. The number of nitrogens with one attached hydrogen (secondary N) is 1. The number of rotatable bonds is 6. The molecular formula is C26H36N6O2. The van der Waals surface area contributed by atoms with Gasteiger partial charge in [0.15, 0.2) is 0 Å². The summed E-state index contributed by atoms with van der Waals surface area (Å²) in [5.41, 5.74) is 3.46. The minimum absolute atomic E-state index is 0.0653. The van der Waals surface area contributed by atoms with Gasteiger partial charge in [0.2, 0.25) is 0 Å². The van der Waals surface area contributed by atoms with Gasteiger partial charge in [-0.25, -0.2) is 0 Å². The van der Waals surface area contributed by atoms with Gasteiger partial charge in [0.1, 0.15) is 18.1 Å². The van der Waals surface area contributed by atoms with Crippen molar-refractivity contribution in [3.05, 3.63) is 52.7 Å². The molecule has 5 rings (SSSR count).